The van der Waals surface area contributed by atoms with Crippen LogP contribution in [-0.4, -0.2) is 47.7 Å². The maximum atomic E-state index is 4.50. The topological polar surface area (TPSA) is 78.4 Å². The maximum absolute atomic E-state index is 4.50. The Hall–Kier alpha value is -3.45. The Morgan fingerprint density at radius 1 is 1.09 bits per heavy atom. The van der Waals surface area contributed by atoms with Crippen LogP contribution in [0.1, 0.15) is 55.3 Å². The molecule has 1 aliphatic rings. The van der Waals surface area contributed by atoms with Gasteiger partial charge in [-0.2, -0.15) is 5.10 Å². The number of hydrogen-bond donors (Lipinski definition) is 2. The molecule has 5 heterocycles. The van der Waals surface area contributed by atoms with Crippen molar-refractivity contribution >= 4 is 21.9 Å². The van der Waals surface area contributed by atoms with Crippen molar-refractivity contribution in [1.29, 1.82) is 0 Å². The van der Waals surface area contributed by atoms with E-state index in [9.17, 15) is 0 Å². The van der Waals surface area contributed by atoms with Crippen molar-refractivity contribution in [3.63, 3.8) is 0 Å². The normalized spacial score (nSPS) is 15.8. The molecule has 0 radical (unpaired) electrons. The molecule has 2 N–H and O–H groups in total. The lowest BCUT2D eigenvalue weighted by molar-refractivity contribution is 0.203. The monoisotopic (exact) mass is 453 g/mol. The highest BCUT2D eigenvalue weighted by molar-refractivity contribution is 5.98. The summed E-state index contributed by atoms with van der Waals surface area (Å²) in [6.07, 6.45) is 10.1. The molecule has 34 heavy (non-hydrogen) atoms. The Labute approximate surface area is 199 Å². The first-order chi connectivity index (χ1) is 16.6. The Bertz CT molecular complexity index is 1450. The summed E-state index contributed by atoms with van der Waals surface area (Å²) >= 11 is 0. The van der Waals surface area contributed by atoms with E-state index in [2.05, 4.69) is 74.4 Å². The van der Waals surface area contributed by atoms with Gasteiger partial charge in [0.25, 0.3) is 0 Å². The predicted molar refractivity (Wildman–Crippen MR) is 136 cm³/mol. The molecule has 1 aliphatic heterocycles. The number of aryl methyl sites for hydroxylation is 1. The van der Waals surface area contributed by atoms with Crippen LogP contribution in [0.25, 0.3) is 33.2 Å². The van der Waals surface area contributed by atoms with Crippen LogP contribution in [-0.2, 0) is 13.6 Å². The molecule has 7 heteroatoms. The van der Waals surface area contributed by atoms with Crippen LogP contribution in [0, 0.1) is 0 Å². The van der Waals surface area contributed by atoms with E-state index in [4.69, 9.17) is 0 Å². The van der Waals surface area contributed by atoms with Gasteiger partial charge in [0, 0.05) is 47.8 Å². The second kappa shape index (κ2) is 8.40. The van der Waals surface area contributed by atoms with Gasteiger partial charge < -0.3 is 9.55 Å². The van der Waals surface area contributed by atoms with E-state index >= 15 is 0 Å². The fourth-order valence-corrected chi connectivity index (χ4v) is 5.57. The van der Waals surface area contributed by atoms with E-state index in [1.807, 2.05) is 30.3 Å². The number of rotatable bonds is 5. The first-order valence-electron chi connectivity index (χ1n) is 12.2. The number of aromatic nitrogens is 6. The highest BCUT2D eigenvalue weighted by atomic mass is 15.1. The van der Waals surface area contributed by atoms with Gasteiger partial charge in [0.1, 0.15) is 0 Å². The van der Waals surface area contributed by atoms with Crippen molar-refractivity contribution in [2.75, 3.05) is 13.1 Å². The number of fused-ring (bicyclic) bond motifs is 2. The molecule has 0 atom stereocenters. The van der Waals surface area contributed by atoms with Crippen molar-refractivity contribution in [2.45, 2.75) is 45.1 Å². The summed E-state index contributed by atoms with van der Waals surface area (Å²) in [6.45, 7) is 7.74. The van der Waals surface area contributed by atoms with E-state index in [0.29, 0.717) is 11.8 Å². The van der Waals surface area contributed by atoms with E-state index in [1.54, 1.807) is 0 Å². The van der Waals surface area contributed by atoms with Crippen molar-refractivity contribution < 1.29 is 0 Å². The molecule has 0 bridgehead atoms. The molecule has 1 saturated heterocycles. The number of benzene rings is 1. The molecule has 4 aromatic heterocycles. The third kappa shape index (κ3) is 3.70. The Morgan fingerprint density at radius 3 is 2.71 bits per heavy atom. The van der Waals surface area contributed by atoms with Crippen LogP contribution < -0.4 is 0 Å². The fraction of sp³-hybridized carbons (Fsp3) is 0.370. The summed E-state index contributed by atoms with van der Waals surface area (Å²) in [6, 6.07) is 9.13. The molecular formula is C27H31N7. The Kier molecular flexibility index (Phi) is 5.21. The van der Waals surface area contributed by atoms with Gasteiger partial charge in [0.15, 0.2) is 5.65 Å². The summed E-state index contributed by atoms with van der Waals surface area (Å²) < 4.78 is 2.03. The largest absolute Gasteiger partial charge is 0.354 e. The highest BCUT2D eigenvalue weighted by Crippen LogP contribution is 2.39. The van der Waals surface area contributed by atoms with Gasteiger partial charge in [0.2, 0.25) is 0 Å². The lowest BCUT2D eigenvalue weighted by atomic mass is 9.87. The number of nitrogens with one attached hydrogen (secondary N) is 2. The van der Waals surface area contributed by atoms with Gasteiger partial charge >= 0.3 is 0 Å². The van der Waals surface area contributed by atoms with Gasteiger partial charge in [-0.3, -0.25) is 10.00 Å². The number of pyridine rings is 1. The van der Waals surface area contributed by atoms with Crippen LogP contribution in [0.3, 0.4) is 0 Å². The van der Waals surface area contributed by atoms with Crippen molar-refractivity contribution in [2.24, 2.45) is 7.05 Å². The smallest absolute Gasteiger partial charge is 0.155 e. The second-order valence-corrected chi connectivity index (χ2v) is 9.95. The Morgan fingerprint density at radius 2 is 1.94 bits per heavy atom. The molecule has 1 fully saturated rings. The molecule has 0 spiro atoms. The number of H-pyrrole nitrogens is 2. The zero-order valence-corrected chi connectivity index (χ0v) is 20.0. The molecule has 174 valence electrons. The molecule has 1 aromatic carbocycles. The summed E-state index contributed by atoms with van der Waals surface area (Å²) in [4.78, 5) is 15.2. The first-order valence-corrected chi connectivity index (χ1v) is 12.2. The summed E-state index contributed by atoms with van der Waals surface area (Å²) in [5.41, 5.74) is 8.35. The standard InChI is InChI=1S/C27H31N7/c1-17(2)25-22-12-19(18-7-10-34(11-8-18)15-20-14-33(3)16-29-20)4-5-24(22)31-26(25)21-6-9-28-27-23(21)13-30-32-27/h4-6,9,12-14,16-18,31H,7-8,10-11,15H2,1-3H3,(H,28,30,32). The van der Waals surface area contributed by atoms with Crippen LogP contribution >= 0.6 is 0 Å². The van der Waals surface area contributed by atoms with Gasteiger partial charge in [-0.05, 0) is 67.1 Å². The van der Waals surface area contributed by atoms with E-state index < -0.39 is 0 Å². The van der Waals surface area contributed by atoms with E-state index in [-0.39, 0.29) is 0 Å². The van der Waals surface area contributed by atoms with Crippen LogP contribution in [0.15, 0.2) is 49.2 Å². The third-order valence-corrected chi connectivity index (χ3v) is 7.27. The second-order valence-electron chi connectivity index (χ2n) is 9.95. The minimum absolute atomic E-state index is 0.398. The van der Waals surface area contributed by atoms with Gasteiger partial charge in [0.05, 0.1) is 23.9 Å². The SMILES string of the molecule is CC(C)c1c(-c2ccnc3[nH]ncc23)[nH]c2ccc(C3CCN(Cc4cn(C)cn4)CC3)cc12. The zero-order valence-electron chi connectivity index (χ0n) is 20.0. The van der Waals surface area contributed by atoms with Crippen molar-refractivity contribution in [3.05, 3.63) is 66.0 Å². The summed E-state index contributed by atoms with van der Waals surface area (Å²) in [5, 5.41) is 9.61. The van der Waals surface area contributed by atoms with Crippen LogP contribution in [0.5, 0.6) is 0 Å². The number of nitrogens with zero attached hydrogens (tertiary/aromatic N) is 5. The van der Waals surface area contributed by atoms with Crippen molar-refractivity contribution in [1.82, 2.24) is 34.6 Å². The Balaban J connectivity index is 1.30. The summed E-state index contributed by atoms with van der Waals surface area (Å²) in [7, 11) is 2.03. The molecule has 6 rings (SSSR count). The molecule has 0 aliphatic carbocycles. The zero-order chi connectivity index (χ0) is 23.2. The molecule has 5 aromatic rings. The molecular weight excluding hydrogens is 422 g/mol. The number of piperidine rings is 1. The van der Waals surface area contributed by atoms with E-state index in [1.165, 1.54) is 40.6 Å². The lowest BCUT2D eigenvalue weighted by Gasteiger charge is -2.31. The van der Waals surface area contributed by atoms with Crippen LogP contribution in [0.2, 0.25) is 0 Å². The van der Waals surface area contributed by atoms with E-state index in [0.717, 1.165) is 41.9 Å². The van der Waals surface area contributed by atoms with Gasteiger partial charge in [-0.25, -0.2) is 9.97 Å². The first kappa shape index (κ1) is 21.1. The molecule has 0 unspecified atom stereocenters. The molecule has 7 nitrogen and oxygen atoms in total. The minimum atomic E-state index is 0.398. The fourth-order valence-electron chi connectivity index (χ4n) is 5.57. The third-order valence-electron chi connectivity index (χ3n) is 7.27. The highest BCUT2D eigenvalue weighted by Gasteiger charge is 2.23. The van der Waals surface area contributed by atoms with Crippen molar-refractivity contribution in [3.8, 4) is 11.3 Å². The number of imidazole rings is 1. The lowest BCUT2D eigenvalue weighted by Crippen LogP contribution is -2.32. The average Bonchev–Trinajstić information content (AvgIpc) is 3.56. The predicted octanol–water partition coefficient (Wildman–Crippen LogP) is 5.34. The summed E-state index contributed by atoms with van der Waals surface area (Å²) in [5.74, 6) is 0.999. The average molecular weight is 454 g/mol. The van der Waals surface area contributed by atoms with Gasteiger partial charge in [-0.1, -0.05) is 19.9 Å². The number of aromatic amines is 2. The van der Waals surface area contributed by atoms with Gasteiger partial charge in [-0.15, -0.1) is 0 Å². The molecule has 0 saturated carbocycles. The maximum Gasteiger partial charge on any atom is 0.155 e. The molecule has 0 amide bonds. The number of hydrogen-bond acceptors (Lipinski definition) is 4. The number of likely N-dealkylation sites (tertiary alicyclic amines) is 1. The minimum Gasteiger partial charge on any atom is -0.354 e. The van der Waals surface area contributed by atoms with Crippen LogP contribution in [0.4, 0.5) is 0 Å². The quantitative estimate of drug-likeness (QED) is 0.376.